The molecule has 0 bridgehead atoms. The average molecular weight is 867 g/mol. The molecule has 0 radical (unpaired) electrons. The molecular weight excluding hydrogens is 809 g/mol. The molecule has 4 amide bonds. The Morgan fingerprint density at radius 3 is 2.02 bits per heavy atom. The van der Waals surface area contributed by atoms with E-state index in [1.807, 2.05) is 107 Å². The van der Waals surface area contributed by atoms with Crippen LogP contribution in [0.2, 0.25) is 0 Å². The van der Waals surface area contributed by atoms with E-state index in [2.05, 4.69) is 20.5 Å². The van der Waals surface area contributed by atoms with Crippen LogP contribution in [0.5, 0.6) is 5.75 Å². The van der Waals surface area contributed by atoms with Gasteiger partial charge in [0.2, 0.25) is 5.91 Å². The van der Waals surface area contributed by atoms with Crippen molar-refractivity contribution >= 4 is 31.6 Å². The summed E-state index contributed by atoms with van der Waals surface area (Å²) in [6, 6.07) is 21.8. The fourth-order valence-electron chi connectivity index (χ4n) is 7.04. The maximum Gasteiger partial charge on any atom is 1.00 e. The molecule has 0 spiro atoms. The number of rotatable bonds is 21. The Morgan fingerprint density at radius 1 is 0.883 bits per heavy atom. The Morgan fingerprint density at radius 2 is 1.47 bits per heavy atom. The van der Waals surface area contributed by atoms with Gasteiger partial charge in [0.15, 0.2) is 6.61 Å². The Labute approximate surface area is 398 Å². The molecule has 0 aliphatic carbocycles. The number of nitrogens with zero attached hydrogens (tertiary/aromatic N) is 1. The summed E-state index contributed by atoms with van der Waals surface area (Å²) in [6.45, 7) is 10.7. The van der Waals surface area contributed by atoms with Crippen LogP contribution in [-0.2, 0) is 41.1 Å². The molecule has 0 unspecified atom stereocenters. The minimum atomic E-state index is -5.29. The summed E-state index contributed by atoms with van der Waals surface area (Å²) in [7, 11) is -5.29. The van der Waals surface area contributed by atoms with Gasteiger partial charge in [0.25, 0.3) is 5.91 Å². The molecule has 1 aliphatic rings. The van der Waals surface area contributed by atoms with Crippen LogP contribution in [0, 0.1) is 25.2 Å². The van der Waals surface area contributed by atoms with Crippen molar-refractivity contribution in [3.8, 4) is 5.75 Å². The molecule has 0 saturated carbocycles. The van der Waals surface area contributed by atoms with Crippen molar-refractivity contribution in [3.05, 3.63) is 101 Å². The van der Waals surface area contributed by atoms with Crippen molar-refractivity contribution in [3.63, 3.8) is 0 Å². The molecule has 3 aromatic carbocycles. The molecule has 316 valence electrons. The molecule has 0 aromatic heterocycles. The fourth-order valence-corrected chi connectivity index (χ4v) is 7.35. The summed E-state index contributed by atoms with van der Waals surface area (Å²) in [6.07, 6.45) is 0.0307. The van der Waals surface area contributed by atoms with E-state index >= 15 is 0 Å². The second kappa shape index (κ2) is 25.4. The Balaban J connectivity index is 0.00000620. The van der Waals surface area contributed by atoms with Gasteiger partial charge >= 0.3 is 71.1 Å². The zero-order valence-corrected chi connectivity index (χ0v) is 41.1. The number of carbonyl (C=O) groups is 4. The first-order chi connectivity index (χ1) is 27.4. The number of urea groups is 1. The molecule has 1 heterocycles. The van der Waals surface area contributed by atoms with Crippen LogP contribution < -0.4 is 89.6 Å². The number of hydrogen-bond acceptors (Lipinski definition) is 10. The van der Waals surface area contributed by atoms with Crippen molar-refractivity contribution in [2.24, 2.45) is 11.3 Å². The van der Waals surface area contributed by atoms with Crippen molar-refractivity contribution in [1.82, 2.24) is 20.9 Å². The maximum absolute atomic E-state index is 14.3. The predicted molar refractivity (Wildman–Crippen MR) is 215 cm³/mol. The molecule has 60 heavy (non-hydrogen) atoms. The van der Waals surface area contributed by atoms with Gasteiger partial charge in [0.1, 0.15) is 17.9 Å². The van der Waals surface area contributed by atoms with Gasteiger partial charge in [0, 0.05) is 25.6 Å². The number of carbonyl (C=O) groups excluding carboxylic acids is 4. The molecule has 1 saturated heterocycles. The summed E-state index contributed by atoms with van der Waals surface area (Å²) < 4.78 is 28.0. The van der Waals surface area contributed by atoms with Gasteiger partial charge in [-0.25, -0.2) is 4.79 Å². The Bertz CT molecular complexity index is 1860. The van der Waals surface area contributed by atoms with E-state index in [1.54, 1.807) is 18.7 Å². The van der Waals surface area contributed by atoms with Gasteiger partial charge in [-0.2, -0.15) is 0 Å². The molecule has 1 aliphatic heterocycles. The van der Waals surface area contributed by atoms with E-state index < -0.39 is 56.0 Å². The molecule has 14 nitrogen and oxygen atoms in total. The summed E-state index contributed by atoms with van der Waals surface area (Å²) in [5, 5.41) is 9.07. The number of nitrogens with one attached hydrogen (secondary N) is 3. The van der Waals surface area contributed by atoms with Gasteiger partial charge in [-0.1, -0.05) is 92.7 Å². The first-order valence-electron chi connectivity index (χ1n) is 19.7. The molecule has 3 aromatic rings. The second-order valence-corrected chi connectivity index (χ2v) is 17.0. The zero-order valence-electron chi connectivity index (χ0n) is 36.2. The quantitative estimate of drug-likeness (QED) is 0.0621. The van der Waals surface area contributed by atoms with Gasteiger partial charge in [-0.15, -0.1) is 0 Å². The summed E-state index contributed by atoms with van der Waals surface area (Å²) in [5.41, 5.74) is 2.11. The van der Waals surface area contributed by atoms with Gasteiger partial charge in [0.05, 0.1) is 25.9 Å². The fraction of sp³-hybridized carbons (Fsp3) is 0.488. The van der Waals surface area contributed by atoms with Crippen LogP contribution in [0.25, 0.3) is 0 Å². The van der Waals surface area contributed by atoms with Crippen LogP contribution in [0.4, 0.5) is 4.79 Å². The number of hydrogen-bond donors (Lipinski definition) is 3. The van der Waals surface area contributed by atoms with Crippen molar-refractivity contribution in [2.45, 2.75) is 97.9 Å². The van der Waals surface area contributed by atoms with E-state index in [-0.39, 0.29) is 103 Å². The number of esters is 1. The second-order valence-electron chi connectivity index (χ2n) is 15.8. The van der Waals surface area contributed by atoms with Crippen LogP contribution in [0.1, 0.15) is 69.2 Å². The molecule has 4 atom stereocenters. The SMILES string of the molecule is Cc1cccc(C)c1OCC(=O)N[C@@H](Cc1ccccc1)[C@H](C[C@H](Cc1ccccc1)NC(=O)[C@H](C(C)C)N1CCCNC1=O)OC(=O)C(C)(C)CCOP(=O)([O-])[O-].[Na+].[Na+]. The van der Waals surface area contributed by atoms with Crippen LogP contribution in [0.15, 0.2) is 78.9 Å². The zero-order chi connectivity index (χ0) is 42.5. The summed E-state index contributed by atoms with van der Waals surface area (Å²) >= 11 is 0. The number of benzene rings is 3. The molecule has 3 N–H and O–H groups in total. The first kappa shape index (κ1) is 53.4. The average Bonchev–Trinajstić information content (AvgIpc) is 3.15. The monoisotopic (exact) mass is 866 g/mol. The molecule has 17 heteroatoms. The number of para-hydroxylation sites is 1. The van der Waals surface area contributed by atoms with Gasteiger partial charge in [-0.05, 0) is 81.5 Å². The topological polar surface area (TPSA) is 198 Å². The molecule has 1 fully saturated rings. The van der Waals surface area contributed by atoms with E-state index in [0.29, 0.717) is 31.7 Å². The van der Waals surface area contributed by atoms with Crippen LogP contribution >= 0.6 is 7.82 Å². The smallest absolute Gasteiger partial charge is 0.790 e. The number of phosphoric acid groups is 1. The predicted octanol–water partition coefficient (Wildman–Crippen LogP) is -1.85. The number of aryl methyl sites for hydroxylation is 2. The molecule has 4 rings (SSSR count). The van der Waals surface area contributed by atoms with Crippen LogP contribution in [0.3, 0.4) is 0 Å². The normalized spacial score (nSPS) is 14.9. The van der Waals surface area contributed by atoms with E-state index in [0.717, 1.165) is 22.3 Å². The van der Waals surface area contributed by atoms with E-state index in [1.165, 1.54) is 0 Å². The third-order valence-corrected chi connectivity index (χ3v) is 10.7. The maximum atomic E-state index is 14.3. The Kier molecular flexibility index (Phi) is 22.6. The number of ether oxygens (including phenoxy) is 2. The molecular formula is C43H57N4Na2O10P. The largest absolute Gasteiger partial charge is 1.00 e. The summed E-state index contributed by atoms with van der Waals surface area (Å²) in [4.78, 5) is 79.1. The number of phosphoric ester groups is 1. The third-order valence-electron chi connectivity index (χ3n) is 10.2. The Hall–Kier alpha value is -2.75. The van der Waals surface area contributed by atoms with Crippen molar-refractivity contribution in [1.29, 1.82) is 0 Å². The van der Waals surface area contributed by atoms with Crippen molar-refractivity contribution < 1.29 is 107 Å². The van der Waals surface area contributed by atoms with Crippen LogP contribution in [-0.4, -0.2) is 79.2 Å². The van der Waals surface area contributed by atoms with Gasteiger partial charge in [-0.3, -0.25) is 14.4 Å². The third kappa shape index (κ3) is 17.2. The van der Waals surface area contributed by atoms with E-state index in [4.69, 9.17) is 9.47 Å². The van der Waals surface area contributed by atoms with Gasteiger partial charge < -0.3 is 49.2 Å². The standard InChI is InChI=1S/C43H59N4O10P.2Na/c1-29(2)38(47-23-14-22-44-42(47)51)40(49)45-34(25-32-17-9-7-10-18-32)27-36(57-41(50)43(5,6)21-24-56-58(52,53)54)35(26-33-19-11-8-12-20-33)46-37(48)28-55-39-30(3)15-13-16-31(39)4;;/h7-13,15-20,29,34-36,38H,14,21-28H2,1-6H3,(H,44,51)(H,45,49)(H,46,48)(H2,52,53,54);;/q;2*+1/p-2/t34-,35-,36-,38-;;/m0../s1. The number of amides is 4. The minimum absolute atomic E-state index is 0. The van der Waals surface area contributed by atoms with Crippen molar-refractivity contribution in [2.75, 3.05) is 26.3 Å². The first-order valence-corrected chi connectivity index (χ1v) is 21.2. The van der Waals surface area contributed by atoms with E-state index in [9.17, 15) is 33.5 Å². The summed E-state index contributed by atoms with van der Waals surface area (Å²) in [5.74, 6) is -1.24. The minimum Gasteiger partial charge on any atom is -0.790 e.